The fourth-order valence-electron chi connectivity index (χ4n) is 4.24. The molecular weight excluding hydrogens is 431 g/mol. The van der Waals surface area contributed by atoms with Gasteiger partial charge in [0.1, 0.15) is 5.82 Å². The first-order chi connectivity index (χ1) is 16.6. The minimum Gasteiger partial charge on any atom is -0.322 e. The van der Waals surface area contributed by atoms with Crippen LogP contribution in [0, 0.1) is 5.82 Å². The highest BCUT2D eigenvalue weighted by Gasteiger charge is 2.25. The molecule has 1 aromatic heterocycles. The maximum Gasteiger partial charge on any atom is 0.276 e. The Morgan fingerprint density at radius 1 is 0.794 bits per heavy atom. The summed E-state index contributed by atoms with van der Waals surface area (Å²) in [7, 11) is 0. The van der Waals surface area contributed by atoms with Crippen LogP contribution in [0.15, 0.2) is 78.9 Å². The van der Waals surface area contributed by atoms with E-state index in [-0.39, 0.29) is 17.6 Å². The zero-order valence-electron chi connectivity index (χ0n) is 18.4. The molecule has 0 unspecified atom stereocenters. The number of nitrogens with one attached hydrogen (secondary N) is 2. The molecule has 0 radical (unpaired) electrons. The number of amides is 2. The van der Waals surface area contributed by atoms with Crippen molar-refractivity contribution in [2.45, 2.75) is 25.7 Å². The third kappa shape index (κ3) is 4.45. The molecule has 4 aromatic rings. The van der Waals surface area contributed by atoms with Crippen molar-refractivity contribution in [3.05, 3.63) is 107 Å². The highest BCUT2D eigenvalue weighted by Crippen LogP contribution is 2.28. The summed E-state index contributed by atoms with van der Waals surface area (Å²) in [5.41, 5.74) is 4.70. The predicted octanol–water partition coefficient (Wildman–Crippen LogP) is 5.39. The third-order valence-corrected chi connectivity index (χ3v) is 5.88. The molecule has 0 fully saturated rings. The maximum absolute atomic E-state index is 13.4. The highest BCUT2D eigenvalue weighted by atomic mass is 19.1. The zero-order chi connectivity index (χ0) is 23.5. The molecule has 0 atom stereocenters. The molecular formula is C27H23FN4O2. The second-order valence-corrected chi connectivity index (χ2v) is 8.22. The molecule has 0 bridgehead atoms. The van der Waals surface area contributed by atoms with Gasteiger partial charge in [-0.05, 0) is 80.3 Å². The van der Waals surface area contributed by atoms with Crippen molar-refractivity contribution < 1.29 is 14.0 Å². The fraction of sp³-hybridized carbons (Fsp3) is 0.148. The van der Waals surface area contributed by atoms with E-state index in [1.54, 1.807) is 65.3 Å². The molecule has 5 rings (SSSR count). The molecule has 6 nitrogen and oxygen atoms in total. The van der Waals surface area contributed by atoms with Gasteiger partial charge in [-0.3, -0.25) is 9.59 Å². The molecule has 3 aromatic carbocycles. The number of anilines is 2. The molecule has 170 valence electrons. The lowest BCUT2D eigenvalue weighted by atomic mass is 9.95. The summed E-state index contributed by atoms with van der Waals surface area (Å²) in [6, 6.07) is 22.0. The smallest absolute Gasteiger partial charge is 0.276 e. The lowest BCUT2D eigenvalue weighted by Gasteiger charge is -2.14. The first-order valence-corrected chi connectivity index (χ1v) is 11.2. The number of carbonyl (C=O) groups excluding carboxylic acids is 2. The van der Waals surface area contributed by atoms with Gasteiger partial charge in [0.2, 0.25) is 0 Å². The Bertz CT molecular complexity index is 1350. The molecule has 34 heavy (non-hydrogen) atoms. The Balaban J connectivity index is 1.38. The van der Waals surface area contributed by atoms with Gasteiger partial charge in [-0.15, -0.1) is 0 Å². The van der Waals surface area contributed by atoms with Crippen molar-refractivity contribution in [3.8, 4) is 5.69 Å². The van der Waals surface area contributed by atoms with E-state index in [4.69, 9.17) is 0 Å². The SMILES string of the molecule is O=C(Nc1cccc(NC(=O)c2nn(-c3ccc(F)cc3)c3c2CCCC3)c1)c1ccccc1. The van der Waals surface area contributed by atoms with Crippen LogP contribution in [0.2, 0.25) is 0 Å². The zero-order valence-corrected chi connectivity index (χ0v) is 18.4. The van der Waals surface area contributed by atoms with Gasteiger partial charge in [0, 0.05) is 28.2 Å². The van der Waals surface area contributed by atoms with Crippen LogP contribution in [0.25, 0.3) is 5.69 Å². The van der Waals surface area contributed by atoms with E-state index < -0.39 is 0 Å². The lowest BCUT2D eigenvalue weighted by molar-refractivity contribution is 0.101. The molecule has 1 aliphatic rings. The number of hydrogen-bond donors (Lipinski definition) is 2. The molecule has 2 amide bonds. The maximum atomic E-state index is 13.4. The topological polar surface area (TPSA) is 76.0 Å². The van der Waals surface area contributed by atoms with E-state index in [1.807, 2.05) is 6.07 Å². The van der Waals surface area contributed by atoms with Crippen molar-refractivity contribution in [2.75, 3.05) is 10.6 Å². The quantitative estimate of drug-likeness (QED) is 0.424. The van der Waals surface area contributed by atoms with Crippen LogP contribution in [0.4, 0.5) is 15.8 Å². The Kier molecular flexibility index (Phi) is 5.91. The minimum atomic E-state index is -0.318. The average Bonchev–Trinajstić information content (AvgIpc) is 3.25. The summed E-state index contributed by atoms with van der Waals surface area (Å²) in [6.07, 6.45) is 3.59. The molecule has 1 aliphatic carbocycles. The van der Waals surface area contributed by atoms with E-state index in [0.717, 1.165) is 42.6 Å². The summed E-state index contributed by atoms with van der Waals surface area (Å²) in [5.74, 6) is -0.858. The van der Waals surface area contributed by atoms with Crippen molar-refractivity contribution >= 4 is 23.2 Å². The second-order valence-electron chi connectivity index (χ2n) is 8.22. The van der Waals surface area contributed by atoms with Crippen LogP contribution in [-0.2, 0) is 12.8 Å². The molecule has 0 saturated carbocycles. The lowest BCUT2D eigenvalue weighted by Crippen LogP contribution is -2.16. The molecule has 0 aliphatic heterocycles. The Hall–Kier alpha value is -4.26. The van der Waals surface area contributed by atoms with Crippen molar-refractivity contribution in [2.24, 2.45) is 0 Å². The van der Waals surface area contributed by atoms with Crippen molar-refractivity contribution in [1.82, 2.24) is 9.78 Å². The molecule has 0 saturated heterocycles. The number of fused-ring (bicyclic) bond motifs is 1. The third-order valence-electron chi connectivity index (χ3n) is 5.88. The van der Waals surface area contributed by atoms with Crippen LogP contribution < -0.4 is 10.6 Å². The second kappa shape index (κ2) is 9.31. The number of aromatic nitrogens is 2. The van der Waals surface area contributed by atoms with E-state index in [2.05, 4.69) is 15.7 Å². The summed E-state index contributed by atoms with van der Waals surface area (Å²) in [4.78, 5) is 25.7. The van der Waals surface area contributed by atoms with Crippen molar-refractivity contribution in [3.63, 3.8) is 0 Å². The van der Waals surface area contributed by atoms with Crippen LogP contribution in [0.1, 0.15) is 44.9 Å². The predicted molar refractivity (Wildman–Crippen MR) is 129 cm³/mol. The first-order valence-electron chi connectivity index (χ1n) is 11.2. The number of rotatable bonds is 5. The number of hydrogen-bond acceptors (Lipinski definition) is 3. The van der Waals surface area contributed by atoms with Crippen LogP contribution >= 0.6 is 0 Å². The van der Waals surface area contributed by atoms with Gasteiger partial charge in [0.05, 0.1) is 5.69 Å². The summed E-state index contributed by atoms with van der Waals surface area (Å²) < 4.78 is 15.2. The Morgan fingerprint density at radius 3 is 2.21 bits per heavy atom. The summed E-state index contributed by atoms with van der Waals surface area (Å²) in [5, 5.41) is 10.4. The molecule has 1 heterocycles. The number of halogens is 1. The van der Waals surface area contributed by atoms with Gasteiger partial charge in [-0.1, -0.05) is 24.3 Å². The summed E-state index contributed by atoms with van der Waals surface area (Å²) in [6.45, 7) is 0. The standard InChI is InChI=1S/C27H23FN4O2/c28-19-13-15-22(16-14-19)32-24-12-5-4-11-23(24)25(31-32)27(34)30-21-10-6-9-20(17-21)29-26(33)18-7-2-1-3-8-18/h1-3,6-10,13-17H,4-5,11-12H2,(H,29,33)(H,30,34). The van der Waals surface area contributed by atoms with E-state index in [1.165, 1.54) is 12.1 Å². The van der Waals surface area contributed by atoms with Crippen LogP contribution in [0.5, 0.6) is 0 Å². The van der Waals surface area contributed by atoms with E-state index >= 15 is 0 Å². The number of carbonyl (C=O) groups is 2. The molecule has 0 spiro atoms. The van der Waals surface area contributed by atoms with E-state index in [9.17, 15) is 14.0 Å². The van der Waals surface area contributed by atoms with Gasteiger partial charge >= 0.3 is 0 Å². The van der Waals surface area contributed by atoms with Gasteiger partial charge in [0.25, 0.3) is 11.8 Å². The van der Waals surface area contributed by atoms with Gasteiger partial charge in [0.15, 0.2) is 5.69 Å². The largest absolute Gasteiger partial charge is 0.322 e. The first kappa shape index (κ1) is 21.6. The molecule has 7 heteroatoms. The normalized spacial score (nSPS) is 12.6. The average molecular weight is 455 g/mol. The van der Waals surface area contributed by atoms with Crippen molar-refractivity contribution in [1.29, 1.82) is 0 Å². The Morgan fingerprint density at radius 2 is 1.47 bits per heavy atom. The van der Waals surface area contributed by atoms with Gasteiger partial charge < -0.3 is 10.6 Å². The van der Waals surface area contributed by atoms with Gasteiger partial charge in [-0.25, -0.2) is 9.07 Å². The Labute approximate surface area is 196 Å². The minimum absolute atomic E-state index is 0.226. The fourth-order valence-corrected chi connectivity index (χ4v) is 4.24. The molecule has 2 N–H and O–H groups in total. The van der Waals surface area contributed by atoms with E-state index in [0.29, 0.717) is 22.6 Å². The van der Waals surface area contributed by atoms with Crippen LogP contribution in [0.3, 0.4) is 0 Å². The monoisotopic (exact) mass is 454 g/mol. The summed E-state index contributed by atoms with van der Waals surface area (Å²) >= 11 is 0. The van der Waals surface area contributed by atoms with Crippen LogP contribution in [-0.4, -0.2) is 21.6 Å². The number of benzene rings is 3. The highest BCUT2D eigenvalue weighted by molar-refractivity contribution is 6.06. The van der Waals surface area contributed by atoms with Gasteiger partial charge in [-0.2, -0.15) is 5.10 Å². The number of nitrogens with zero attached hydrogens (tertiary/aromatic N) is 2.